The van der Waals surface area contributed by atoms with Gasteiger partial charge in [0, 0.05) is 93.0 Å². The highest BCUT2D eigenvalue weighted by atomic mass is 32.2. The molecule has 2 aliphatic rings. The first-order chi connectivity index (χ1) is 22.8. The topological polar surface area (TPSA) is 149 Å². The molecule has 5 rings (SSSR count). The van der Waals surface area contributed by atoms with Crippen LogP contribution in [0.15, 0.2) is 60.7 Å². The van der Waals surface area contributed by atoms with Gasteiger partial charge in [0.15, 0.2) is 0 Å². The normalized spacial score (nSPS) is 14.9. The van der Waals surface area contributed by atoms with Gasteiger partial charge in [-0.2, -0.15) is 13.1 Å². The molecule has 2 amide bonds. The van der Waals surface area contributed by atoms with Gasteiger partial charge in [-0.25, -0.2) is 4.31 Å². The van der Waals surface area contributed by atoms with Gasteiger partial charge in [0.05, 0.1) is 6.42 Å². The van der Waals surface area contributed by atoms with Crippen LogP contribution >= 0.6 is 0 Å². The van der Waals surface area contributed by atoms with Crippen molar-refractivity contribution >= 4 is 39.4 Å². The molecule has 0 aromatic heterocycles. The number of benzene rings is 3. The molecule has 1 unspecified atom stereocenters. The molecule has 1 spiro atoms. The number of anilines is 2. The molecular weight excluding hydrogens is 634 g/mol. The van der Waals surface area contributed by atoms with Crippen molar-refractivity contribution in [3.8, 4) is 11.5 Å². The fourth-order valence-electron chi connectivity index (χ4n) is 6.50. The van der Waals surface area contributed by atoms with E-state index in [4.69, 9.17) is 4.74 Å². The Labute approximate surface area is 281 Å². The average molecular weight is 678 g/mol. The summed E-state index contributed by atoms with van der Waals surface area (Å²) in [5.41, 5.74) is 1.70. The minimum atomic E-state index is -4.60. The van der Waals surface area contributed by atoms with Crippen molar-refractivity contribution in [2.75, 3.05) is 44.5 Å². The number of carboxylic acids is 1. The van der Waals surface area contributed by atoms with Gasteiger partial charge in [-0.05, 0) is 24.6 Å². The van der Waals surface area contributed by atoms with Crippen LogP contribution in [0.4, 0.5) is 11.4 Å². The van der Waals surface area contributed by atoms with Gasteiger partial charge in [-0.3, -0.25) is 14.4 Å². The number of carbonyl (C=O) groups is 3. The first-order valence-electron chi connectivity index (χ1n) is 16.1. The second-order valence-corrected chi connectivity index (χ2v) is 14.2. The number of rotatable bonds is 14. The van der Waals surface area contributed by atoms with Crippen LogP contribution in [0.1, 0.15) is 72.5 Å². The standard InChI is InChI=1S/C35H43N5O7S/c1-6-7-8-11-23(20-33(42)43)37-32(41)18-19-36-48(45,46)40-34(44)26-12-9-10-13-27(26)35(40)28-16-14-24(38(2)3)21-30(28)47-31-22-25(39(4)5)15-17-29(31)35/h9-10,12-17,21-23,36H,6-8,11,18-20H2,1-5H3,(H,37,41)(H,42,43). The first kappa shape index (κ1) is 34.7. The summed E-state index contributed by atoms with van der Waals surface area (Å²) in [5, 5.41) is 12.0. The van der Waals surface area contributed by atoms with Gasteiger partial charge in [-0.15, -0.1) is 0 Å². The summed E-state index contributed by atoms with van der Waals surface area (Å²) in [6, 6.07) is 17.2. The van der Waals surface area contributed by atoms with E-state index in [9.17, 15) is 27.9 Å². The van der Waals surface area contributed by atoms with E-state index in [2.05, 4.69) is 10.0 Å². The van der Waals surface area contributed by atoms with Crippen molar-refractivity contribution in [2.24, 2.45) is 0 Å². The molecule has 3 N–H and O–H groups in total. The minimum absolute atomic E-state index is 0.226. The van der Waals surface area contributed by atoms with Gasteiger partial charge in [0.1, 0.15) is 17.0 Å². The second kappa shape index (κ2) is 13.9. The van der Waals surface area contributed by atoms with E-state index in [0.717, 1.165) is 34.9 Å². The molecule has 2 aliphatic heterocycles. The van der Waals surface area contributed by atoms with Gasteiger partial charge < -0.3 is 25.0 Å². The highest BCUT2D eigenvalue weighted by molar-refractivity contribution is 7.87. The Bertz CT molecular complexity index is 1770. The van der Waals surface area contributed by atoms with Crippen LogP contribution < -0.4 is 24.6 Å². The molecule has 0 bridgehead atoms. The zero-order valence-corrected chi connectivity index (χ0v) is 28.8. The van der Waals surface area contributed by atoms with Crippen LogP contribution in [0.25, 0.3) is 0 Å². The maximum Gasteiger partial charge on any atom is 0.305 e. The van der Waals surface area contributed by atoms with E-state index < -0.39 is 39.6 Å². The van der Waals surface area contributed by atoms with Crippen molar-refractivity contribution in [3.05, 3.63) is 82.9 Å². The fraction of sp³-hybridized carbons (Fsp3) is 0.400. The number of carboxylic acid groups (broad SMARTS) is 1. The highest BCUT2D eigenvalue weighted by Gasteiger charge is 2.60. The molecule has 256 valence electrons. The maximum absolute atomic E-state index is 14.4. The third-order valence-corrected chi connectivity index (χ3v) is 10.3. The highest BCUT2D eigenvalue weighted by Crippen LogP contribution is 2.58. The Morgan fingerprint density at radius 1 is 0.917 bits per heavy atom. The van der Waals surface area contributed by atoms with Crippen molar-refractivity contribution in [2.45, 2.75) is 57.0 Å². The third kappa shape index (κ3) is 6.44. The number of hydrogen-bond donors (Lipinski definition) is 3. The lowest BCUT2D eigenvalue weighted by molar-refractivity contribution is -0.137. The van der Waals surface area contributed by atoms with E-state index in [1.165, 1.54) is 0 Å². The summed E-state index contributed by atoms with van der Waals surface area (Å²) in [4.78, 5) is 42.3. The number of amides is 2. The van der Waals surface area contributed by atoms with Crippen LogP contribution in [0.2, 0.25) is 0 Å². The van der Waals surface area contributed by atoms with Crippen molar-refractivity contribution < 1.29 is 32.6 Å². The Kier molecular flexibility index (Phi) is 10.0. The maximum atomic E-state index is 14.4. The minimum Gasteiger partial charge on any atom is -0.481 e. The monoisotopic (exact) mass is 677 g/mol. The van der Waals surface area contributed by atoms with Crippen LogP contribution in [0.3, 0.4) is 0 Å². The summed E-state index contributed by atoms with van der Waals surface area (Å²) in [7, 11) is 2.95. The molecule has 12 nitrogen and oxygen atoms in total. The lowest BCUT2D eigenvalue weighted by atomic mass is 9.75. The van der Waals surface area contributed by atoms with E-state index in [-0.39, 0.29) is 24.9 Å². The zero-order valence-electron chi connectivity index (χ0n) is 27.9. The van der Waals surface area contributed by atoms with Crippen LogP contribution in [-0.2, 0) is 25.3 Å². The molecule has 0 fully saturated rings. The lowest BCUT2D eigenvalue weighted by Crippen LogP contribution is -2.54. The Morgan fingerprint density at radius 2 is 1.52 bits per heavy atom. The predicted octanol–water partition coefficient (Wildman–Crippen LogP) is 4.44. The Morgan fingerprint density at radius 3 is 2.08 bits per heavy atom. The number of ether oxygens (including phenoxy) is 1. The Hall–Kier alpha value is -4.62. The molecule has 13 heteroatoms. The largest absolute Gasteiger partial charge is 0.481 e. The zero-order chi connectivity index (χ0) is 34.8. The van der Waals surface area contributed by atoms with Gasteiger partial charge in [-0.1, -0.05) is 56.5 Å². The van der Waals surface area contributed by atoms with Gasteiger partial charge >= 0.3 is 16.2 Å². The first-order valence-corrected chi connectivity index (χ1v) is 17.5. The van der Waals surface area contributed by atoms with E-state index in [1.54, 1.807) is 36.4 Å². The quantitative estimate of drug-likeness (QED) is 0.211. The smallest absolute Gasteiger partial charge is 0.305 e. The van der Waals surface area contributed by atoms with Crippen molar-refractivity contribution in [1.82, 2.24) is 14.3 Å². The van der Waals surface area contributed by atoms with Crippen molar-refractivity contribution in [1.29, 1.82) is 0 Å². The van der Waals surface area contributed by atoms with Gasteiger partial charge in [0.2, 0.25) is 5.91 Å². The molecule has 2 heterocycles. The molecule has 0 aliphatic carbocycles. The molecule has 0 saturated heterocycles. The molecule has 0 saturated carbocycles. The van der Waals surface area contributed by atoms with Crippen LogP contribution in [0, 0.1) is 0 Å². The molecule has 0 radical (unpaired) electrons. The van der Waals surface area contributed by atoms with E-state index in [1.807, 2.05) is 69.2 Å². The van der Waals surface area contributed by atoms with Gasteiger partial charge in [0.25, 0.3) is 5.91 Å². The SMILES string of the molecule is CCCCCC(CC(=O)O)NC(=O)CCNS(=O)(=O)N1C(=O)c2ccccc2C12c1ccc(N(C)C)cc1Oc1cc(N(C)C)ccc12. The molecule has 3 aromatic rings. The Balaban J connectivity index is 1.54. The predicted molar refractivity (Wildman–Crippen MR) is 184 cm³/mol. The number of aliphatic carboxylic acids is 1. The van der Waals surface area contributed by atoms with Crippen LogP contribution in [-0.4, -0.2) is 76.4 Å². The molecular formula is C35H43N5O7S. The van der Waals surface area contributed by atoms with Crippen molar-refractivity contribution in [3.63, 3.8) is 0 Å². The summed E-state index contributed by atoms with van der Waals surface area (Å²) >= 11 is 0. The summed E-state index contributed by atoms with van der Waals surface area (Å²) in [6.45, 7) is 1.72. The fourth-order valence-corrected chi connectivity index (χ4v) is 7.96. The lowest BCUT2D eigenvalue weighted by Gasteiger charge is -2.43. The summed E-state index contributed by atoms with van der Waals surface area (Å²) in [5.74, 6) is -1.42. The number of carbonyl (C=O) groups excluding carboxylic acids is 2. The van der Waals surface area contributed by atoms with E-state index >= 15 is 0 Å². The number of nitrogens with one attached hydrogen (secondary N) is 2. The number of unbranched alkanes of at least 4 members (excludes halogenated alkanes) is 2. The number of nitrogens with zero attached hydrogens (tertiary/aromatic N) is 3. The summed E-state index contributed by atoms with van der Waals surface area (Å²) in [6.07, 6.45) is 2.65. The average Bonchev–Trinajstić information content (AvgIpc) is 3.29. The molecule has 3 aromatic carbocycles. The molecule has 48 heavy (non-hydrogen) atoms. The third-order valence-electron chi connectivity index (χ3n) is 8.82. The van der Waals surface area contributed by atoms with Crippen LogP contribution in [0.5, 0.6) is 11.5 Å². The molecule has 1 atom stereocenters. The van der Waals surface area contributed by atoms with E-state index in [0.29, 0.717) is 34.6 Å². The number of hydrogen-bond acceptors (Lipinski definition) is 8. The number of fused-ring (bicyclic) bond motifs is 6. The second-order valence-electron chi connectivity index (χ2n) is 12.6. The summed E-state index contributed by atoms with van der Waals surface area (Å²) < 4.78 is 38.7.